The maximum atomic E-state index is 11.8. The number of hydrogen-bond acceptors (Lipinski definition) is 2. The molecular formula is C14H14ClNO2. The fourth-order valence-electron chi connectivity index (χ4n) is 2.41. The van der Waals surface area contributed by atoms with Gasteiger partial charge >= 0.3 is 0 Å². The van der Waals surface area contributed by atoms with E-state index in [1.165, 1.54) is 6.92 Å². The second-order valence-electron chi connectivity index (χ2n) is 4.42. The lowest BCUT2D eigenvalue weighted by Gasteiger charge is -2.26. The van der Waals surface area contributed by atoms with Gasteiger partial charge in [-0.2, -0.15) is 0 Å². The number of amides is 1. The van der Waals surface area contributed by atoms with Crippen LogP contribution in [0.15, 0.2) is 35.5 Å². The molecule has 0 saturated carbocycles. The fraction of sp³-hybridized carbons (Fsp3) is 0.286. The smallest absolute Gasteiger partial charge is 0.225 e. The summed E-state index contributed by atoms with van der Waals surface area (Å²) in [6.07, 6.45) is 0.260. The summed E-state index contributed by atoms with van der Waals surface area (Å²) < 4.78 is 0. The second-order valence-corrected chi connectivity index (χ2v) is 4.83. The summed E-state index contributed by atoms with van der Waals surface area (Å²) in [6, 6.07) is 7.33. The third-order valence-corrected chi connectivity index (χ3v) is 3.47. The molecule has 0 radical (unpaired) electrons. The largest absolute Gasteiger partial charge is 0.330 e. The van der Waals surface area contributed by atoms with E-state index in [9.17, 15) is 9.59 Å². The molecule has 1 unspecified atom stereocenters. The van der Waals surface area contributed by atoms with Crippen molar-refractivity contribution in [3.05, 3.63) is 46.1 Å². The maximum Gasteiger partial charge on any atom is 0.225 e. The minimum atomic E-state index is -0.245. The third kappa shape index (κ3) is 2.31. The minimum Gasteiger partial charge on any atom is -0.330 e. The summed E-state index contributed by atoms with van der Waals surface area (Å²) in [6.45, 7) is 3.26. The lowest BCUT2D eigenvalue weighted by molar-refractivity contribution is -0.121. The number of hydrogen-bond donors (Lipinski definition) is 1. The molecule has 94 valence electrons. The standard InChI is InChI=1S/C14H14ClNO2/c1-8-14(9(2)17)11(7-13(18)16-8)10-5-3-4-6-12(10)15/h3-6,11H,7H2,1-2H3,(H,16,18). The van der Waals surface area contributed by atoms with Crippen molar-refractivity contribution >= 4 is 23.3 Å². The van der Waals surface area contributed by atoms with Crippen molar-refractivity contribution in [3.8, 4) is 0 Å². The Morgan fingerprint density at radius 3 is 2.67 bits per heavy atom. The Hall–Kier alpha value is -1.61. The summed E-state index contributed by atoms with van der Waals surface area (Å²) >= 11 is 6.16. The molecule has 0 saturated heterocycles. The number of halogens is 1. The molecule has 4 heteroatoms. The van der Waals surface area contributed by atoms with Gasteiger partial charge in [0, 0.05) is 28.6 Å². The Kier molecular flexibility index (Phi) is 3.53. The highest BCUT2D eigenvalue weighted by Crippen LogP contribution is 2.36. The average molecular weight is 264 g/mol. The fourth-order valence-corrected chi connectivity index (χ4v) is 2.68. The van der Waals surface area contributed by atoms with Crippen molar-refractivity contribution in [1.82, 2.24) is 5.32 Å². The lowest BCUT2D eigenvalue weighted by atomic mass is 9.83. The number of carbonyl (C=O) groups excluding carboxylic acids is 2. The molecule has 0 aromatic heterocycles. The van der Waals surface area contributed by atoms with Crippen molar-refractivity contribution in [2.75, 3.05) is 0 Å². The van der Waals surface area contributed by atoms with E-state index in [1.54, 1.807) is 13.0 Å². The molecule has 18 heavy (non-hydrogen) atoms. The minimum absolute atomic E-state index is 0.0302. The van der Waals surface area contributed by atoms with Gasteiger partial charge in [-0.25, -0.2) is 0 Å². The van der Waals surface area contributed by atoms with Crippen LogP contribution in [0, 0.1) is 0 Å². The summed E-state index contributed by atoms with van der Waals surface area (Å²) in [5, 5.41) is 3.29. The highest BCUT2D eigenvalue weighted by atomic mass is 35.5. The molecule has 0 spiro atoms. The van der Waals surface area contributed by atoms with E-state index in [1.807, 2.05) is 18.2 Å². The molecule has 1 heterocycles. The molecule has 1 amide bonds. The summed E-state index contributed by atoms with van der Waals surface area (Å²) in [4.78, 5) is 23.4. The molecule has 0 bridgehead atoms. The van der Waals surface area contributed by atoms with E-state index in [4.69, 9.17) is 11.6 Å². The van der Waals surface area contributed by atoms with E-state index >= 15 is 0 Å². The summed E-state index contributed by atoms with van der Waals surface area (Å²) in [7, 11) is 0. The summed E-state index contributed by atoms with van der Waals surface area (Å²) in [5.41, 5.74) is 2.10. The van der Waals surface area contributed by atoms with Crippen LogP contribution in [0.1, 0.15) is 31.7 Å². The van der Waals surface area contributed by atoms with Crippen molar-refractivity contribution < 1.29 is 9.59 Å². The SMILES string of the molecule is CC(=O)C1=C(C)NC(=O)CC1c1ccccc1Cl. The number of ketones is 1. The number of Topliss-reactive ketones (excluding diaryl/α,β-unsaturated/α-hetero) is 1. The van der Waals surface area contributed by atoms with Crippen molar-refractivity contribution in [1.29, 1.82) is 0 Å². The zero-order valence-corrected chi connectivity index (χ0v) is 11.0. The van der Waals surface area contributed by atoms with Crippen LogP contribution in [-0.4, -0.2) is 11.7 Å². The first kappa shape index (κ1) is 12.8. The van der Waals surface area contributed by atoms with Gasteiger partial charge < -0.3 is 5.32 Å². The van der Waals surface area contributed by atoms with Gasteiger partial charge in [0.1, 0.15) is 0 Å². The number of allylic oxidation sites excluding steroid dienone is 2. The first-order valence-electron chi connectivity index (χ1n) is 5.76. The zero-order chi connectivity index (χ0) is 13.3. The topological polar surface area (TPSA) is 46.2 Å². The highest BCUT2D eigenvalue weighted by molar-refractivity contribution is 6.31. The predicted octanol–water partition coefficient (Wildman–Crippen LogP) is 2.81. The Labute approximate surface area is 111 Å². The number of rotatable bonds is 2. The zero-order valence-electron chi connectivity index (χ0n) is 10.3. The third-order valence-electron chi connectivity index (χ3n) is 3.13. The van der Waals surface area contributed by atoms with Crippen molar-refractivity contribution in [2.24, 2.45) is 0 Å². The molecule has 1 atom stereocenters. The van der Waals surface area contributed by atoms with Gasteiger partial charge in [-0.3, -0.25) is 9.59 Å². The van der Waals surface area contributed by atoms with Crippen LogP contribution in [0.3, 0.4) is 0 Å². The molecule has 0 fully saturated rings. The van der Waals surface area contributed by atoms with Crippen LogP contribution >= 0.6 is 11.6 Å². The normalized spacial score (nSPS) is 19.7. The average Bonchev–Trinajstić information content (AvgIpc) is 2.27. The van der Waals surface area contributed by atoms with Crippen molar-refractivity contribution in [3.63, 3.8) is 0 Å². The quantitative estimate of drug-likeness (QED) is 0.892. The van der Waals surface area contributed by atoms with Gasteiger partial charge in [-0.15, -0.1) is 0 Å². The Bertz CT molecular complexity index is 548. The Balaban J connectivity index is 2.54. The van der Waals surface area contributed by atoms with Gasteiger partial charge in [-0.05, 0) is 25.5 Å². The van der Waals surface area contributed by atoms with Crippen LogP contribution in [0.2, 0.25) is 5.02 Å². The molecule has 1 aliphatic rings. The molecule has 0 aliphatic carbocycles. The van der Waals surface area contributed by atoms with Crippen LogP contribution in [-0.2, 0) is 9.59 Å². The molecule has 1 aromatic rings. The first-order valence-corrected chi connectivity index (χ1v) is 6.14. The van der Waals surface area contributed by atoms with E-state index in [0.717, 1.165) is 5.56 Å². The molecule has 1 aliphatic heterocycles. The van der Waals surface area contributed by atoms with Gasteiger partial charge in [0.2, 0.25) is 5.91 Å². The van der Waals surface area contributed by atoms with E-state index < -0.39 is 0 Å². The van der Waals surface area contributed by atoms with Gasteiger partial charge in [0.05, 0.1) is 0 Å². The lowest BCUT2D eigenvalue weighted by Crippen LogP contribution is -2.33. The van der Waals surface area contributed by atoms with Gasteiger partial charge in [0.15, 0.2) is 5.78 Å². The second kappa shape index (κ2) is 4.94. The molecule has 3 nitrogen and oxygen atoms in total. The van der Waals surface area contributed by atoms with Crippen molar-refractivity contribution in [2.45, 2.75) is 26.2 Å². The highest BCUT2D eigenvalue weighted by Gasteiger charge is 2.30. The molecule has 2 rings (SSSR count). The number of benzene rings is 1. The Morgan fingerprint density at radius 1 is 1.39 bits per heavy atom. The van der Waals surface area contributed by atoms with Crippen LogP contribution in [0.4, 0.5) is 0 Å². The number of nitrogens with one attached hydrogen (secondary N) is 1. The van der Waals surface area contributed by atoms with Crippen LogP contribution < -0.4 is 5.32 Å². The Morgan fingerprint density at radius 2 is 2.06 bits per heavy atom. The van der Waals surface area contributed by atoms with Gasteiger partial charge in [0.25, 0.3) is 0 Å². The van der Waals surface area contributed by atoms with Crippen LogP contribution in [0.25, 0.3) is 0 Å². The first-order chi connectivity index (χ1) is 8.50. The molecular weight excluding hydrogens is 250 g/mol. The van der Waals surface area contributed by atoms with Gasteiger partial charge in [-0.1, -0.05) is 29.8 Å². The predicted molar refractivity (Wildman–Crippen MR) is 70.3 cm³/mol. The van der Waals surface area contributed by atoms with Crippen LogP contribution in [0.5, 0.6) is 0 Å². The monoisotopic (exact) mass is 263 g/mol. The summed E-state index contributed by atoms with van der Waals surface area (Å²) in [5.74, 6) is -0.357. The molecule has 1 N–H and O–H groups in total. The molecule has 1 aromatic carbocycles. The van der Waals surface area contributed by atoms with E-state index in [-0.39, 0.29) is 24.0 Å². The number of carbonyl (C=O) groups is 2. The van der Waals surface area contributed by atoms with E-state index in [0.29, 0.717) is 16.3 Å². The van der Waals surface area contributed by atoms with E-state index in [2.05, 4.69) is 5.32 Å². The maximum absolute atomic E-state index is 11.8.